The Morgan fingerprint density at radius 2 is 1.87 bits per heavy atom. The van der Waals surface area contributed by atoms with Crippen molar-refractivity contribution in [1.29, 1.82) is 0 Å². The maximum atomic E-state index is 13.3. The minimum absolute atomic E-state index is 0.133. The molecule has 4 heteroatoms. The number of hydrogen-bond donors (Lipinski definition) is 1. The number of rotatable bonds is 3. The summed E-state index contributed by atoms with van der Waals surface area (Å²) in [6, 6.07) is 5.72. The summed E-state index contributed by atoms with van der Waals surface area (Å²) >= 11 is 0. The molecule has 0 bridgehead atoms. The second-order valence-electron chi connectivity index (χ2n) is 3.62. The molecule has 0 aromatic heterocycles. The van der Waals surface area contributed by atoms with Crippen molar-refractivity contribution in [3.63, 3.8) is 0 Å². The van der Waals surface area contributed by atoms with E-state index in [1.165, 1.54) is 12.1 Å². The Balaban J connectivity index is 3.30. The van der Waals surface area contributed by atoms with Crippen molar-refractivity contribution in [3.8, 4) is 0 Å². The van der Waals surface area contributed by atoms with Crippen LogP contribution in [0.2, 0.25) is 0 Å². The third kappa shape index (κ3) is 2.14. The van der Waals surface area contributed by atoms with Crippen LogP contribution in [0.5, 0.6) is 0 Å². The molecule has 1 aromatic carbocycles. The SMILES string of the molecule is CC(C)c1ccccc1C(F)(F)C(=O)O. The normalized spacial score (nSPS) is 11.8. The van der Waals surface area contributed by atoms with Gasteiger partial charge in [0.1, 0.15) is 0 Å². The third-order valence-corrected chi connectivity index (χ3v) is 2.19. The predicted molar refractivity (Wildman–Crippen MR) is 52.1 cm³/mol. The lowest BCUT2D eigenvalue weighted by molar-refractivity contribution is -0.166. The minimum Gasteiger partial charge on any atom is -0.477 e. The van der Waals surface area contributed by atoms with Crippen LogP contribution in [0.1, 0.15) is 30.9 Å². The highest BCUT2D eigenvalue weighted by atomic mass is 19.3. The number of benzene rings is 1. The zero-order valence-electron chi connectivity index (χ0n) is 8.50. The van der Waals surface area contributed by atoms with Crippen molar-refractivity contribution >= 4 is 5.97 Å². The Hall–Kier alpha value is -1.45. The highest BCUT2D eigenvalue weighted by molar-refractivity contribution is 5.77. The van der Waals surface area contributed by atoms with Gasteiger partial charge in [-0.25, -0.2) is 4.79 Å². The van der Waals surface area contributed by atoms with Gasteiger partial charge in [0.25, 0.3) is 0 Å². The van der Waals surface area contributed by atoms with Crippen LogP contribution < -0.4 is 0 Å². The molecule has 0 aliphatic carbocycles. The zero-order chi connectivity index (χ0) is 11.6. The fourth-order valence-electron chi connectivity index (χ4n) is 1.40. The van der Waals surface area contributed by atoms with E-state index >= 15 is 0 Å². The molecule has 82 valence electrons. The van der Waals surface area contributed by atoms with Crippen LogP contribution in [-0.4, -0.2) is 11.1 Å². The molecule has 1 rings (SSSR count). The summed E-state index contributed by atoms with van der Waals surface area (Å²) in [5.41, 5.74) is -0.0580. The van der Waals surface area contributed by atoms with Gasteiger partial charge >= 0.3 is 11.9 Å². The van der Waals surface area contributed by atoms with Crippen LogP contribution in [0.25, 0.3) is 0 Å². The second-order valence-corrected chi connectivity index (χ2v) is 3.62. The van der Waals surface area contributed by atoms with Crippen LogP contribution in [0.3, 0.4) is 0 Å². The Bertz CT molecular complexity index is 373. The first kappa shape index (κ1) is 11.6. The van der Waals surface area contributed by atoms with Crippen molar-refractivity contribution < 1.29 is 18.7 Å². The molecule has 0 atom stereocenters. The Kier molecular flexibility index (Phi) is 3.07. The topological polar surface area (TPSA) is 37.3 Å². The lowest BCUT2D eigenvalue weighted by Gasteiger charge is -2.17. The predicted octanol–water partition coefficient (Wildman–Crippen LogP) is 2.99. The average molecular weight is 214 g/mol. The molecular weight excluding hydrogens is 202 g/mol. The van der Waals surface area contributed by atoms with Gasteiger partial charge in [-0.05, 0) is 11.5 Å². The van der Waals surface area contributed by atoms with E-state index in [1.54, 1.807) is 19.9 Å². The summed E-state index contributed by atoms with van der Waals surface area (Å²) in [6.45, 7) is 3.49. The smallest absolute Gasteiger partial charge is 0.379 e. The zero-order valence-corrected chi connectivity index (χ0v) is 8.50. The summed E-state index contributed by atoms with van der Waals surface area (Å²) in [5.74, 6) is -6.07. The molecule has 1 aromatic rings. The fourth-order valence-corrected chi connectivity index (χ4v) is 1.40. The van der Waals surface area contributed by atoms with Crippen LogP contribution in [0.15, 0.2) is 24.3 Å². The number of carboxylic acids is 1. The summed E-state index contributed by atoms with van der Waals surface area (Å²) < 4.78 is 26.6. The molecule has 0 unspecified atom stereocenters. The van der Waals surface area contributed by atoms with Crippen LogP contribution in [0, 0.1) is 0 Å². The summed E-state index contributed by atoms with van der Waals surface area (Å²) in [6.07, 6.45) is 0. The molecule has 2 nitrogen and oxygen atoms in total. The summed E-state index contributed by atoms with van der Waals surface area (Å²) in [7, 11) is 0. The van der Waals surface area contributed by atoms with Gasteiger partial charge in [0, 0.05) is 5.56 Å². The molecule has 0 spiro atoms. The first-order valence-corrected chi connectivity index (χ1v) is 4.58. The minimum atomic E-state index is -3.82. The van der Waals surface area contributed by atoms with E-state index in [0.717, 1.165) is 6.07 Å². The van der Waals surface area contributed by atoms with E-state index in [0.29, 0.717) is 5.56 Å². The van der Waals surface area contributed by atoms with Gasteiger partial charge in [0.2, 0.25) is 0 Å². The van der Waals surface area contributed by atoms with Crippen molar-refractivity contribution in [2.45, 2.75) is 25.7 Å². The summed E-state index contributed by atoms with van der Waals surface area (Å²) in [5, 5.41) is 8.45. The number of aliphatic carboxylic acids is 1. The van der Waals surface area contributed by atoms with E-state index in [-0.39, 0.29) is 5.92 Å². The van der Waals surface area contributed by atoms with E-state index < -0.39 is 17.5 Å². The van der Waals surface area contributed by atoms with Gasteiger partial charge in [-0.15, -0.1) is 0 Å². The molecule has 0 heterocycles. The number of carboxylic acid groups (broad SMARTS) is 1. The molecule has 0 amide bonds. The van der Waals surface area contributed by atoms with E-state index in [4.69, 9.17) is 5.11 Å². The van der Waals surface area contributed by atoms with Crippen LogP contribution in [0.4, 0.5) is 8.78 Å². The van der Waals surface area contributed by atoms with Gasteiger partial charge in [-0.3, -0.25) is 0 Å². The van der Waals surface area contributed by atoms with Gasteiger partial charge in [-0.2, -0.15) is 8.78 Å². The molecule has 0 aliphatic heterocycles. The van der Waals surface area contributed by atoms with Gasteiger partial charge in [-0.1, -0.05) is 38.1 Å². The molecule has 1 N–H and O–H groups in total. The van der Waals surface area contributed by atoms with E-state index in [9.17, 15) is 13.6 Å². The quantitative estimate of drug-likeness (QED) is 0.839. The Labute approximate surface area is 86.5 Å². The van der Waals surface area contributed by atoms with Gasteiger partial charge in [0.05, 0.1) is 0 Å². The molecule has 0 fully saturated rings. The molecule has 0 saturated carbocycles. The van der Waals surface area contributed by atoms with Gasteiger partial charge in [0.15, 0.2) is 0 Å². The number of hydrogen-bond acceptors (Lipinski definition) is 1. The first-order valence-electron chi connectivity index (χ1n) is 4.58. The molecule has 15 heavy (non-hydrogen) atoms. The maximum Gasteiger partial charge on any atom is 0.379 e. The number of alkyl halides is 2. The number of carbonyl (C=O) groups is 1. The monoisotopic (exact) mass is 214 g/mol. The molecule has 0 aliphatic rings. The summed E-state index contributed by atoms with van der Waals surface area (Å²) in [4.78, 5) is 10.4. The fraction of sp³-hybridized carbons (Fsp3) is 0.364. The van der Waals surface area contributed by atoms with E-state index in [1.807, 2.05) is 0 Å². The first-order chi connectivity index (χ1) is 6.87. The molecular formula is C11H12F2O2. The highest BCUT2D eigenvalue weighted by Crippen LogP contribution is 2.33. The average Bonchev–Trinajstić information content (AvgIpc) is 2.17. The molecule has 0 saturated heterocycles. The Morgan fingerprint density at radius 1 is 1.33 bits per heavy atom. The lowest BCUT2D eigenvalue weighted by atomic mass is 9.93. The molecule has 0 radical (unpaired) electrons. The highest BCUT2D eigenvalue weighted by Gasteiger charge is 2.42. The lowest BCUT2D eigenvalue weighted by Crippen LogP contribution is -2.27. The van der Waals surface area contributed by atoms with Gasteiger partial charge < -0.3 is 5.11 Å². The van der Waals surface area contributed by atoms with Crippen molar-refractivity contribution in [2.24, 2.45) is 0 Å². The van der Waals surface area contributed by atoms with Crippen LogP contribution >= 0.6 is 0 Å². The standard InChI is InChI=1S/C11H12F2O2/c1-7(2)8-5-3-4-6-9(8)11(12,13)10(14)15/h3-7H,1-2H3,(H,14,15). The van der Waals surface area contributed by atoms with Crippen LogP contribution in [-0.2, 0) is 10.7 Å². The van der Waals surface area contributed by atoms with E-state index in [2.05, 4.69) is 0 Å². The largest absolute Gasteiger partial charge is 0.477 e. The second kappa shape index (κ2) is 3.96. The number of halogens is 2. The maximum absolute atomic E-state index is 13.3. The Morgan fingerprint density at radius 3 is 2.33 bits per heavy atom. The third-order valence-electron chi connectivity index (χ3n) is 2.19. The van der Waals surface area contributed by atoms with Crippen molar-refractivity contribution in [3.05, 3.63) is 35.4 Å². The van der Waals surface area contributed by atoms with Crippen molar-refractivity contribution in [1.82, 2.24) is 0 Å². The van der Waals surface area contributed by atoms with Crippen molar-refractivity contribution in [2.75, 3.05) is 0 Å².